The molecule has 0 bridgehead atoms. The molecule has 0 aromatic heterocycles. The van der Waals surface area contributed by atoms with E-state index in [4.69, 9.17) is 0 Å². The van der Waals surface area contributed by atoms with Crippen molar-refractivity contribution in [2.24, 2.45) is 11.8 Å². The predicted molar refractivity (Wildman–Crippen MR) is 68.4 cm³/mol. The van der Waals surface area contributed by atoms with Crippen molar-refractivity contribution >= 4 is 0 Å². The molecule has 2 aliphatic carbocycles. The van der Waals surface area contributed by atoms with E-state index in [1.165, 1.54) is 50.5 Å². The van der Waals surface area contributed by atoms with Crippen LogP contribution in [0.15, 0.2) is 24.3 Å². The molecule has 0 saturated heterocycles. The minimum Gasteiger partial charge on any atom is -0.207 e. The quantitative estimate of drug-likeness (QED) is 0.695. The molecule has 0 unspecified atom stereocenters. The van der Waals surface area contributed by atoms with Crippen LogP contribution in [-0.2, 0) is 0 Å². The van der Waals surface area contributed by atoms with Crippen LogP contribution in [0.3, 0.4) is 0 Å². The first-order valence-electron chi connectivity index (χ1n) is 7.08. The van der Waals surface area contributed by atoms with Gasteiger partial charge in [-0.25, -0.2) is 4.39 Å². The molecule has 0 amide bonds. The maximum Gasteiger partial charge on any atom is 0.123 e. The molecule has 2 fully saturated rings. The van der Waals surface area contributed by atoms with Gasteiger partial charge in [-0.1, -0.05) is 37.8 Å². The SMILES string of the molecule is Fc1ccc([C@@H]2CCCC[C@H]2CC2CC2)cc1. The van der Waals surface area contributed by atoms with Gasteiger partial charge in [-0.05, 0) is 54.7 Å². The Balaban J connectivity index is 1.74. The van der Waals surface area contributed by atoms with Crippen LogP contribution >= 0.6 is 0 Å². The van der Waals surface area contributed by atoms with E-state index in [2.05, 4.69) is 0 Å². The second-order valence-corrected chi connectivity index (χ2v) is 5.88. The van der Waals surface area contributed by atoms with Crippen molar-refractivity contribution < 1.29 is 4.39 Å². The largest absolute Gasteiger partial charge is 0.207 e. The molecule has 2 aliphatic rings. The fourth-order valence-corrected chi connectivity index (χ4v) is 3.42. The molecule has 0 spiro atoms. The fourth-order valence-electron chi connectivity index (χ4n) is 3.42. The zero-order valence-corrected chi connectivity index (χ0v) is 10.4. The molecule has 0 radical (unpaired) electrons. The zero-order valence-electron chi connectivity index (χ0n) is 10.4. The smallest absolute Gasteiger partial charge is 0.123 e. The highest BCUT2D eigenvalue weighted by Gasteiger charge is 2.32. The first-order valence-corrected chi connectivity index (χ1v) is 7.08. The number of hydrogen-bond donors (Lipinski definition) is 0. The lowest BCUT2D eigenvalue weighted by atomic mass is 9.73. The molecular weight excluding hydrogens is 211 g/mol. The highest BCUT2D eigenvalue weighted by molar-refractivity contribution is 5.22. The topological polar surface area (TPSA) is 0 Å². The number of rotatable bonds is 3. The molecule has 17 heavy (non-hydrogen) atoms. The molecule has 1 aromatic rings. The Hall–Kier alpha value is -0.850. The summed E-state index contributed by atoms with van der Waals surface area (Å²) in [5.41, 5.74) is 1.37. The lowest BCUT2D eigenvalue weighted by molar-refractivity contribution is 0.279. The molecule has 2 atom stereocenters. The minimum atomic E-state index is -0.108. The summed E-state index contributed by atoms with van der Waals surface area (Å²) in [6.07, 6.45) is 9.77. The summed E-state index contributed by atoms with van der Waals surface area (Å²) in [6, 6.07) is 7.26. The van der Waals surface area contributed by atoms with E-state index in [1.807, 2.05) is 12.1 Å². The molecule has 0 N–H and O–H groups in total. The molecule has 0 heterocycles. The summed E-state index contributed by atoms with van der Waals surface area (Å²) in [5, 5.41) is 0. The average molecular weight is 232 g/mol. The number of hydrogen-bond acceptors (Lipinski definition) is 0. The zero-order chi connectivity index (χ0) is 11.7. The van der Waals surface area contributed by atoms with Gasteiger partial charge >= 0.3 is 0 Å². The Morgan fingerprint density at radius 2 is 1.65 bits per heavy atom. The maximum atomic E-state index is 13.0. The molecule has 3 rings (SSSR count). The van der Waals surface area contributed by atoms with E-state index in [1.54, 1.807) is 12.1 Å². The van der Waals surface area contributed by atoms with Crippen LogP contribution in [0.25, 0.3) is 0 Å². The molecule has 1 heteroatoms. The van der Waals surface area contributed by atoms with E-state index in [9.17, 15) is 4.39 Å². The first kappa shape index (κ1) is 11.3. The van der Waals surface area contributed by atoms with Crippen molar-refractivity contribution in [1.82, 2.24) is 0 Å². The van der Waals surface area contributed by atoms with Crippen LogP contribution in [0.2, 0.25) is 0 Å². The van der Waals surface area contributed by atoms with Gasteiger partial charge in [0.15, 0.2) is 0 Å². The summed E-state index contributed by atoms with van der Waals surface area (Å²) >= 11 is 0. The van der Waals surface area contributed by atoms with E-state index in [-0.39, 0.29) is 5.82 Å². The third-order valence-corrected chi connectivity index (χ3v) is 4.54. The molecular formula is C16H21F. The van der Waals surface area contributed by atoms with Crippen LogP contribution < -0.4 is 0 Å². The number of halogens is 1. The lowest BCUT2D eigenvalue weighted by Gasteiger charge is -2.32. The van der Waals surface area contributed by atoms with Gasteiger partial charge in [0.25, 0.3) is 0 Å². The van der Waals surface area contributed by atoms with Crippen molar-refractivity contribution in [1.29, 1.82) is 0 Å². The van der Waals surface area contributed by atoms with Gasteiger partial charge in [-0.3, -0.25) is 0 Å². The van der Waals surface area contributed by atoms with Gasteiger partial charge in [0, 0.05) is 0 Å². The van der Waals surface area contributed by atoms with Crippen LogP contribution in [0, 0.1) is 17.7 Å². The van der Waals surface area contributed by atoms with Crippen LogP contribution in [-0.4, -0.2) is 0 Å². The molecule has 0 nitrogen and oxygen atoms in total. The predicted octanol–water partition coefficient (Wildman–Crippen LogP) is 4.90. The Morgan fingerprint density at radius 3 is 2.35 bits per heavy atom. The molecule has 1 aromatic carbocycles. The van der Waals surface area contributed by atoms with E-state index in [0.717, 1.165) is 11.8 Å². The summed E-state index contributed by atoms with van der Waals surface area (Å²) in [4.78, 5) is 0. The summed E-state index contributed by atoms with van der Waals surface area (Å²) in [7, 11) is 0. The van der Waals surface area contributed by atoms with Gasteiger partial charge in [0.1, 0.15) is 5.82 Å². The Labute approximate surface area is 103 Å². The van der Waals surface area contributed by atoms with Crippen LogP contribution in [0.1, 0.15) is 56.4 Å². The van der Waals surface area contributed by atoms with Gasteiger partial charge < -0.3 is 0 Å². The third-order valence-electron chi connectivity index (χ3n) is 4.54. The Kier molecular flexibility index (Phi) is 3.17. The molecule has 92 valence electrons. The van der Waals surface area contributed by atoms with Crippen molar-refractivity contribution in [3.63, 3.8) is 0 Å². The van der Waals surface area contributed by atoms with Gasteiger partial charge in [0.05, 0.1) is 0 Å². The van der Waals surface area contributed by atoms with Gasteiger partial charge in [-0.2, -0.15) is 0 Å². The second-order valence-electron chi connectivity index (χ2n) is 5.88. The highest BCUT2D eigenvalue weighted by atomic mass is 19.1. The normalized spacial score (nSPS) is 29.2. The monoisotopic (exact) mass is 232 g/mol. The minimum absolute atomic E-state index is 0.108. The summed E-state index contributed by atoms with van der Waals surface area (Å²) < 4.78 is 13.0. The van der Waals surface area contributed by atoms with Crippen molar-refractivity contribution in [2.75, 3.05) is 0 Å². The molecule has 2 saturated carbocycles. The third kappa shape index (κ3) is 2.70. The Bertz CT molecular complexity index is 364. The summed E-state index contributed by atoms with van der Waals surface area (Å²) in [5.74, 6) is 2.47. The van der Waals surface area contributed by atoms with E-state index in [0.29, 0.717) is 5.92 Å². The van der Waals surface area contributed by atoms with E-state index >= 15 is 0 Å². The standard InChI is InChI=1S/C16H21F/c17-15-9-7-13(8-10-15)16-4-2-1-3-14(16)11-12-5-6-12/h7-10,12,14,16H,1-6,11H2/t14-,16-/m0/s1. The van der Waals surface area contributed by atoms with Crippen LogP contribution in [0.4, 0.5) is 4.39 Å². The second kappa shape index (κ2) is 4.80. The van der Waals surface area contributed by atoms with Gasteiger partial charge in [-0.15, -0.1) is 0 Å². The van der Waals surface area contributed by atoms with Crippen LogP contribution in [0.5, 0.6) is 0 Å². The van der Waals surface area contributed by atoms with Gasteiger partial charge in [0.2, 0.25) is 0 Å². The Morgan fingerprint density at radius 1 is 0.941 bits per heavy atom. The van der Waals surface area contributed by atoms with Crippen molar-refractivity contribution in [3.05, 3.63) is 35.6 Å². The summed E-state index contributed by atoms with van der Waals surface area (Å²) in [6.45, 7) is 0. The fraction of sp³-hybridized carbons (Fsp3) is 0.625. The highest BCUT2D eigenvalue weighted by Crippen LogP contribution is 2.45. The van der Waals surface area contributed by atoms with Crippen molar-refractivity contribution in [2.45, 2.75) is 50.9 Å². The number of benzene rings is 1. The van der Waals surface area contributed by atoms with Crippen molar-refractivity contribution in [3.8, 4) is 0 Å². The maximum absolute atomic E-state index is 13.0. The van der Waals surface area contributed by atoms with E-state index < -0.39 is 0 Å². The first-order chi connectivity index (χ1) is 8.33. The lowest BCUT2D eigenvalue weighted by Crippen LogP contribution is -2.18. The molecule has 0 aliphatic heterocycles. The average Bonchev–Trinajstić information content (AvgIpc) is 3.15.